The highest BCUT2D eigenvalue weighted by Gasteiger charge is 2.68. The molecule has 2 N–H and O–H groups in total. The molecule has 0 bridgehead atoms. The van der Waals surface area contributed by atoms with Crippen molar-refractivity contribution >= 4 is 5.91 Å². The molecule has 1 unspecified atom stereocenters. The lowest BCUT2D eigenvalue weighted by atomic mass is 10.0. The van der Waals surface area contributed by atoms with E-state index in [9.17, 15) is 9.90 Å². The molecular formula is C14H27NO2. The maximum atomic E-state index is 12.0. The molecule has 0 aromatic rings. The molecule has 0 aliphatic heterocycles. The molecule has 3 nitrogen and oxygen atoms in total. The largest absolute Gasteiger partial charge is 0.391 e. The van der Waals surface area contributed by atoms with E-state index in [1.54, 1.807) is 0 Å². The predicted molar refractivity (Wildman–Crippen MR) is 69.5 cm³/mol. The third-order valence-corrected chi connectivity index (χ3v) is 4.54. The topological polar surface area (TPSA) is 49.3 Å². The van der Waals surface area contributed by atoms with E-state index >= 15 is 0 Å². The number of carbonyl (C=O) groups excluding carboxylic acids is 1. The van der Waals surface area contributed by atoms with E-state index in [1.165, 1.54) is 0 Å². The van der Waals surface area contributed by atoms with Gasteiger partial charge in [-0.05, 0) is 23.2 Å². The molecule has 1 saturated carbocycles. The van der Waals surface area contributed by atoms with Crippen molar-refractivity contribution in [3.63, 3.8) is 0 Å². The van der Waals surface area contributed by atoms with Crippen LogP contribution in [0, 0.1) is 22.7 Å². The molecule has 1 fully saturated rings. The molecule has 17 heavy (non-hydrogen) atoms. The van der Waals surface area contributed by atoms with Crippen molar-refractivity contribution in [2.45, 2.75) is 54.1 Å². The SMILES string of the molecule is CC(C)CC(O)CNC(=O)C1C(C)(C)C1(C)C. The van der Waals surface area contributed by atoms with E-state index in [0.29, 0.717) is 12.5 Å². The van der Waals surface area contributed by atoms with Gasteiger partial charge in [0.15, 0.2) is 0 Å². The minimum absolute atomic E-state index is 0.0695. The maximum absolute atomic E-state index is 12.0. The zero-order chi connectivity index (χ0) is 13.4. The zero-order valence-electron chi connectivity index (χ0n) is 12.0. The Kier molecular flexibility index (Phi) is 3.92. The van der Waals surface area contributed by atoms with Gasteiger partial charge in [0.2, 0.25) is 5.91 Å². The fourth-order valence-corrected chi connectivity index (χ4v) is 2.80. The molecule has 0 aromatic carbocycles. The molecule has 1 amide bonds. The summed E-state index contributed by atoms with van der Waals surface area (Å²) in [6.45, 7) is 13.0. The summed E-state index contributed by atoms with van der Waals surface area (Å²) in [7, 11) is 0. The normalized spacial score (nSPS) is 23.5. The van der Waals surface area contributed by atoms with Gasteiger partial charge >= 0.3 is 0 Å². The Balaban J connectivity index is 2.38. The molecule has 0 spiro atoms. The van der Waals surface area contributed by atoms with E-state index in [2.05, 4.69) is 46.9 Å². The minimum atomic E-state index is -0.427. The van der Waals surface area contributed by atoms with Crippen molar-refractivity contribution in [1.29, 1.82) is 0 Å². The number of hydrogen-bond donors (Lipinski definition) is 2. The van der Waals surface area contributed by atoms with Crippen LogP contribution in [0.4, 0.5) is 0 Å². The van der Waals surface area contributed by atoms with E-state index in [4.69, 9.17) is 0 Å². The van der Waals surface area contributed by atoms with Crippen molar-refractivity contribution in [2.24, 2.45) is 22.7 Å². The highest BCUT2D eigenvalue weighted by molar-refractivity contribution is 5.84. The van der Waals surface area contributed by atoms with Crippen LogP contribution < -0.4 is 5.32 Å². The Labute approximate surface area is 105 Å². The molecule has 0 aromatic heterocycles. The summed E-state index contributed by atoms with van der Waals surface area (Å²) < 4.78 is 0. The zero-order valence-corrected chi connectivity index (χ0v) is 12.0. The molecule has 1 rings (SSSR count). The predicted octanol–water partition coefficient (Wildman–Crippen LogP) is 2.19. The van der Waals surface area contributed by atoms with Gasteiger partial charge in [0.1, 0.15) is 0 Å². The summed E-state index contributed by atoms with van der Waals surface area (Å²) in [5.74, 6) is 0.611. The fraction of sp³-hybridized carbons (Fsp3) is 0.929. The first-order chi connectivity index (χ1) is 7.60. The van der Waals surface area contributed by atoms with Gasteiger partial charge in [-0.3, -0.25) is 4.79 Å². The number of rotatable bonds is 5. The molecule has 0 radical (unpaired) electrons. The molecule has 1 aliphatic carbocycles. The summed E-state index contributed by atoms with van der Waals surface area (Å²) in [5.41, 5.74) is 0.139. The van der Waals surface area contributed by atoms with Crippen LogP contribution in [-0.2, 0) is 4.79 Å². The van der Waals surface area contributed by atoms with Crippen LogP contribution in [0.25, 0.3) is 0 Å². The molecule has 3 heteroatoms. The summed E-state index contributed by atoms with van der Waals surface area (Å²) in [5, 5.41) is 12.6. The molecule has 0 saturated heterocycles. The fourth-order valence-electron chi connectivity index (χ4n) is 2.80. The van der Waals surface area contributed by atoms with Crippen LogP contribution in [0.15, 0.2) is 0 Å². The quantitative estimate of drug-likeness (QED) is 0.775. The van der Waals surface area contributed by atoms with Crippen LogP contribution in [-0.4, -0.2) is 23.7 Å². The van der Waals surface area contributed by atoms with Gasteiger partial charge in [-0.25, -0.2) is 0 Å². The van der Waals surface area contributed by atoms with Gasteiger partial charge < -0.3 is 10.4 Å². The number of hydrogen-bond acceptors (Lipinski definition) is 2. The van der Waals surface area contributed by atoms with Gasteiger partial charge in [0, 0.05) is 12.5 Å². The first-order valence-electron chi connectivity index (χ1n) is 6.56. The summed E-state index contributed by atoms with van der Waals surface area (Å²) in [6.07, 6.45) is 0.307. The lowest BCUT2D eigenvalue weighted by Gasteiger charge is -2.14. The van der Waals surface area contributed by atoms with E-state index < -0.39 is 6.10 Å². The summed E-state index contributed by atoms with van der Waals surface area (Å²) in [4.78, 5) is 12.0. The van der Waals surface area contributed by atoms with Crippen molar-refractivity contribution < 1.29 is 9.90 Å². The van der Waals surface area contributed by atoms with Crippen LogP contribution in [0.2, 0.25) is 0 Å². The third-order valence-electron chi connectivity index (χ3n) is 4.54. The van der Waals surface area contributed by atoms with Crippen molar-refractivity contribution in [3.8, 4) is 0 Å². The Bertz CT molecular complexity index is 281. The standard InChI is InChI=1S/C14H27NO2/c1-9(2)7-10(16)8-15-12(17)11-13(3,4)14(11,5)6/h9-11,16H,7-8H2,1-6H3,(H,15,17). The van der Waals surface area contributed by atoms with Gasteiger partial charge in [-0.1, -0.05) is 41.5 Å². The average molecular weight is 241 g/mol. The first-order valence-corrected chi connectivity index (χ1v) is 6.56. The Morgan fingerprint density at radius 3 is 2.06 bits per heavy atom. The molecule has 100 valence electrons. The second-order valence-electron chi connectivity index (χ2n) is 6.90. The summed E-state index contributed by atoms with van der Waals surface area (Å²) >= 11 is 0. The second kappa shape index (κ2) is 4.60. The molecule has 1 atom stereocenters. The van der Waals surface area contributed by atoms with Gasteiger partial charge in [-0.2, -0.15) is 0 Å². The Morgan fingerprint density at radius 2 is 1.71 bits per heavy atom. The summed E-state index contributed by atoms with van der Waals surface area (Å²) in [6, 6.07) is 0. The van der Waals surface area contributed by atoms with Gasteiger partial charge in [0.05, 0.1) is 6.10 Å². The van der Waals surface area contributed by atoms with Crippen LogP contribution in [0.1, 0.15) is 48.0 Å². The van der Waals surface area contributed by atoms with E-state index in [0.717, 1.165) is 6.42 Å². The molecule has 0 heterocycles. The van der Waals surface area contributed by atoms with E-state index in [1.807, 2.05) is 0 Å². The van der Waals surface area contributed by atoms with Crippen LogP contribution in [0.3, 0.4) is 0 Å². The van der Waals surface area contributed by atoms with Crippen molar-refractivity contribution in [3.05, 3.63) is 0 Å². The van der Waals surface area contributed by atoms with Gasteiger partial charge in [0.25, 0.3) is 0 Å². The number of aliphatic hydroxyl groups is 1. The number of nitrogens with one attached hydrogen (secondary N) is 1. The highest BCUT2D eigenvalue weighted by atomic mass is 16.3. The smallest absolute Gasteiger partial charge is 0.224 e. The molecule has 1 aliphatic rings. The lowest BCUT2D eigenvalue weighted by Crippen LogP contribution is -2.35. The Morgan fingerprint density at radius 1 is 1.24 bits per heavy atom. The van der Waals surface area contributed by atoms with Crippen molar-refractivity contribution in [2.75, 3.05) is 6.54 Å². The first kappa shape index (κ1) is 14.5. The van der Waals surface area contributed by atoms with Crippen molar-refractivity contribution in [1.82, 2.24) is 5.32 Å². The average Bonchev–Trinajstić information content (AvgIpc) is 2.52. The maximum Gasteiger partial charge on any atom is 0.224 e. The highest BCUT2D eigenvalue weighted by Crippen LogP contribution is 2.68. The number of carbonyl (C=O) groups is 1. The number of aliphatic hydroxyl groups excluding tert-OH is 1. The third kappa shape index (κ3) is 2.82. The Hall–Kier alpha value is -0.570. The van der Waals surface area contributed by atoms with Gasteiger partial charge in [-0.15, -0.1) is 0 Å². The minimum Gasteiger partial charge on any atom is -0.391 e. The monoisotopic (exact) mass is 241 g/mol. The second-order valence-corrected chi connectivity index (χ2v) is 6.90. The van der Waals surface area contributed by atoms with Crippen LogP contribution in [0.5, 0.6) is 0 Å². The van der Waals surface area contributed by atoms with Crippen LogP contribution >= 0.6 is 0 Å². The molecular weight excluding hydrogens is 214 g/mol. The lowest BCUT2D eigenvalue weighted by molar-refractivity contribution is -0.124. The van der Waals surface area contributed by atoms with E-state index in [-0.39, 0.29) is 22.7 Å². The number of amides is 1.